The Morgan fingerprint density at radius 3 is 1.61 bits per heavy atom. The SMILES string of the molecule is [2H]c1c([2H])c([2H])c(-c2c3c([2H])c([2H])c([2H])c([2H])c3c(-c3c([2H])c([2H])c4c(c3[2H])-c3c([2H])c([2H])c([2H])c([2H])c3C4)c3c([2H])c([2H])c([2H])c([2H])c23)c([2H])c1[2H]. The lowest BCUT2D eigenvalue weighted by molar-refractivity contribution is 1.26. The zero-order valence-corrected chi connectivity index (χ0v) is 16.7. The first kappa shape index (κ1) is 7.43. The van der Waals surface area contributed by atoms with Crippen molar-refractivity contribution in [2.75, 3.05) is 0 Å². The number of fused-ring (bicyclic) bond motifs is 5. The molecule has 0 heteroatoms. The molecule has 0 aliphatic heterocycles. The minimum atomic E-state index is -0.848. The van der Waals surface area contributed by atoms with Crippen LogP contribution in [0.25, 0.3) is 54.9 Å². The highest BCUT2D eigenvalue weighted by atomic mass is 14.2. The second kappa shape index (κ2) is 7.18. The monoisotopic (exact) mass is 438 g/mol. The van der Waals surface area contributed by atoms with E-state index in [4.69, 9.17) is 24.7 Å². The van der Waals surface area contributed by atoms with Crippen molar-refractivity contribution in [3.8, 4) is 33.4 Å². The molecule has 0 nitrogen and oxygen atoms in total. The lowest BCUT2D eigenvalue weighted by Gasteiger charge is -2.18. The fourth-order valence-corrected chi connectivity index (χ4v) is 4.26. The van der Waals surface area contributed by atoms with Crippen molar-refractivity contribution >= 4 is 21.5 Å². The minimum absolute atomic E-state index is 0.0129. The average Bonchev–Trinajstić information content (AvgIpc) is 3.54. The maximum atomic E-state index is 9.51. The third-order valence-electron chi connectivity index (χ3n) is 5.63. The van der Waals surface area contributed by atoms with Crippen LogP contribution in [0, 0.1) is 0 Å². The van der Waals surface area contributed by atoms with Crippen LogP contribution < -0.4 is 0 Å². The molecule has 0 saturated heterocycles. The van der Waals surface area contributed by atoms with E-state index in [1.165, 1.54) is 0 Å². The number of rotatable bonds is 2. The Hall–Kier alpha value is -4.16. The van der Waals surface area contributed by atoms with Crippen molar-refractivity contribution < 1.29 is 27.4 Å². The van der Waals surface area contributed by atoms with Crippen LogP contribution in [0.3, 0.4) is 0 Å². The van der Waals surface area contributed by atoms with Gasteiger partial charge < -0.3 is 0 Å². The van der Waals surface area contributed by atoms with Crippen molar-refractivity contribution in [3.63, 3.8) is 0 Å². The van der Waals surface area contributed by atoms with E-state index in [2.05, 4.69) is 0 Å². The molecule has 0 radical (unpaired) electrons. The van der Waals surface area contributed by atoms with Gasteiger partial charge in [-0.3, -0.25) is 0 Å². The summed E-state index contributed by atoms with van der Waals surface area (Å²) in [5.74, 6) is 0. The summed E-state index contributed by atoms with van der Waals surface area (Å²) in [6, 6.07) is -14.9. The fraction of sp³-hybridized carbons (Fsp3) is 0.0303. The Kier molecular flexibility index (Phi) is 1.62. The molecule has 0 bridgehead atoms. The molecule has 1 aliphatic carbocycles. The van der Waals surface area contributed by atoms with Gasteiger partial charge in [0.05, 0.1) is 27.4 Å². The van der Waals surface area contributed by atoms with Gasteiger partial charge >= 0.3 is 0 Å². The van der Waals surface area contributed by atoms with Crippen molar-refractivity contribution in [3.05, 3.63) is 132 Å². The van der Waals surface area contributed by atoms with E-state index in [0.29, 0.717) is 0 Å². The summed E-state index contributed by atoms with van der Waals surface area (Å²) >= 11 is 0. The molecule has 154 valence electrons. The quantitative estimate of drug-likeness (QED) is 0.236. The fourth-order valence-electron chi connectivity index (χ4n) is 4.26. The Bertz CT molecular complexity index is 2640. The first-order chi connectivity index (χ1) is 24.7. The van der Waals surface area contributed by atoms with Gasteiger partial charge in [0.2, 0.25) is 0 Å². The van der Waals surface area contributed by atoms with Gasteiger partial charge in [-0.05, 0) is 78.5 Å². The lowest BCUT2D eigenvalue weighted by Crippen LogP contribution is -1.91. The van der Waals surface area contributed by atoms with Crippen molar-refractivity contribution in [1.29, 1.82) is 0 Å². The molecule has 0 N–H and O–H groups in total. The molecule has 0 amide bonds. The molecular weight excluding hydrogens is 396 g/mol. The van der Waals surface area contributed by atoms with Gasteiger partial charge in [0, 0.05) is 0 Å². The van der Waals surface area contributed by atoms with Gasteiger partial charge in [0.25, 0.3) is 0 Å². The van der Waals surface area contributed by atoms with Crippen LogP contribution in [0.15, 0.2) is 121 Å². The number of hydrogen-bond donors (Lipinski definition) is 0. The largest absolute Gasteiger partial charge is 0.0636 e. The Morgan fingerprint density at radius 2 is 0.939 bits per heavy atom. The molecule has 6 aromatic carbocycles. The summed E-state index contributed by atoms with van der Waals surface area (Å²) in [5, 5.41) is -2.17. The minimum Gasteiger partial charge on any atom is -0.0622 e. The van der Waals surface area contributed by atoms with Crippen LogP contribution in [0.1, 0.15) is 38.5 Å². The number of benzene rings is 6. The summed E-state index contributed by atoms with van der Waals surface area (Å²) in [6.07, 6.45) is -0.242. The zero-order chi connectivity index (χ0) is 39.2. The molecule has 0 heterocycles. The summed E-state index contributed by atoms with van der Waals surface area (Å²) in [4.78, 5) is 0. The van der Waals surface area contributed by atoms with Crippen LogP contribution in [-0.4, -0.2) is 0 Å². The molecule has 7 rings (SSSR count). The topological polar surface area (TPSA) is 0 Å². The van der Waals surface area contributed by atoms with Crippen LogP contribution >= 0.6 is 0 Å². The van der Waals surface area contributed by atoms with E-state index < -0.39 is 165 Å². The molecule has 0 spiro atoms. The van der Waals surface area contributed by atoms with E-state index in [1.807, 2.05) is 0 Å². The van der Waals surface area contributed by atoms with Crippen molar-refractivity contribution in [2.45, 2.75) is 6.42 Å². The van der Waals surface area contributed by atoms with Gasteiger partial charge in [-0.25, -0.2) is 0 Å². The molecule has 0 unspecified atom stereocenters. The highest BCUT2D eigenvalue weighted by molar-refractivity contribution is 6.21. The molecule has 0 fully saturated rings. The van der Waals surface area contributed by atoms with Crippen molar-refractivity contribution in [2.24, 2.45) is 0 Å². The Balaban J connectivity index is 1.86. The van der Waals surface area contributed by atoms with Crippen molar-refractivity contribution in [1.82, 2.24) is 0 Å². The normalized spacial score (nSPS) is 20.6. The third kappa shape index (κ3) is 2.78. The van der Waals surface area contributed by atoms with Crippen LogP contribution in [0.4, 0.5) is 0 Å². The first-order valence-corrected chi connectivity index (χ1v) is 9.96. The predicted molar refractivity (Wildman–Crippen MR) is 141 cm³/mol. The Labute approximate surface area is 221 Å². The van der Waals surface area contributed by atoms with Gasteiger partial charge in [-0.1, -0.05) is 115 Å². The van der Waals surface area contributed by atoms with Crippen LogP contribution in [0.2, 0.25) is 0 Å². The third-order valence-corrected chi connectivity index (χ3v) is 5.63. The predicted octanol–water partition coefficient (Wildman–Crippen LogP) is 8.90. The highest BCUT2D eigenvalue weighted by Crippen LogP contribution is 2.45. The summed E-state index contributed by atoms with van der Waals surface area (Å²) in [7, 11) is 0. The smallest absolute Gasteiger partial charge is 0.0622 e. The van der Waals surface area contributed by atoms with E-state index in [-0.39, 0.29) is 28.7 Å². The van der Waals surface area contributed by atoms with Gasteiger partial charge in [-0.2, -0.15) is 0 Å². The van der Waals surface area contributed by atoms with E-state index in [0.717, 1.165) is 0 Å². The lowest BCUT2D eigenvalue weighted by atomic mass is 9.85. The molecular formula is C33H22. The highest BCUT2D eigenvalue weighted by Gasteiger charge is 2.21. The summed E-state index contributed by atoms with van der Waals surface area (Å²) < 4.78 is 175. The molecule has 6 aromatic rings. The summed E-state index contributed by atoms with van der Waals surface area (Å²) in [6.45, 7) is 0. The van der Waals surface area contributed by atoms with Gasteiger partial charge in [0.15, 0.2) is 0 Å². The molecule has 1 aliphatic rings. The maximum Gasteiger partial charge on any atom is 0.0636 e. The van der Waals surface area contributed by atoms with E-state index in [1.54, 1.807) is 0 Å². The molecule has 0 aromatic heterocycles. The van der Waals surface area contributed by atoms with Gasteiger partial charge in [0.1, 0.15) is 0 Å². The standard InChI is InChI=1S/C33H22/c1-2-10-22(11-3-1)32-27-14-6-8-16-29(27)33(30-17-9-7-15-28(30)32)25-19-18-24-20-23-12-4-5-13-26(23)31(24)21-25/h1-19,21H,20H2/i1D,2D,3D,4D,5D,6D,7D,8D,9D,10D,11D,12D,13D,14D,15D,16D,17D,18D,19D,21D. The second-order valence-electron chi connectivity index (χ2n) is 7.38. The Morgan fingerprint density at radius 1 is 0.424 bits per heavy atom. The molecule has 0 atom stereocenters. The molecule has 0 saturated carbocycles. The summed E-state index contributed by atoms with van der Waals surface area (Å²) in [5.41, 5.74) is -2.46. The molecule has 33 heavy (non-hydrogen) atoms. The maximum absolute atomic E-state index is 9.51. The van der Waals surface area contributed by atoms with Crippen LogP contribution in [0.5, 0.6) is 0 Å². The van der Waals surface area contributed by atoms with E-state index >= 15 is 0 Å². The van der Waals surface area contributed by atoms with E-state index in [9.17, 15) is 2.74 Å². The number of hydrogen-bond acceptors (Lipinski definition) is 0. The van der Waals surface area contributed by atoms with Gasteiger partial charge in [-0.15, -0.1) is 0 Å². The second-order valence-corrected chi connectivity index (χ2v) is 7.38. The first-order valence-electron chi connectivity index (χ1n) is 20.0. The average molecular weight is 439 g/mol. The zero-order valence-electron chi connectivity index (χ0n) is 36.7. The van der Waals surface area contributed by atoms with Crippen LogP contribution in [-0.2, 0) is 6.42 Å².